The number of carbonyl (C=O) groups is 1. The van der Waals surface area contributed by atoms with Crippen molar-refractivity contribution >= 4 is 11.6 Å². The first kappa shape index (κ1) is 12.5. The highest BCUT2D eigenvalue weighted by molar-refractivity contribution is 5.83. The van der Waals surface area contributed by atoms with E-state index in [2.05, 4.69) is 11.9 Å². The number of rotatable bonds is 4. The molecule has 0 saturated carbocycles. The van der Waals surface area contributed by atoms with Gasteiger partial charge in [0.15, 0.2) is 6.10 Å². The summed E-state index contributed by atoms with van der Waals surface area (Å²) in [6, 6.07) is 7.64. The van der Waals surface area contributed by atoms with E-state index < -0.39 is 6.10 Å². The van der Waals surface area contributed by atoms with Gasteiger partial charge >= 0.3 is 0 Å². The number of anilines is 1. The Morgan fingerprint density at radius 3 is 3.11 bits per heavy atom. The molecule has 0 saturated heterocycles. The second-order valence-electron chi connectivity index (χ2n) is 4.15. The van der Waals surface area contributed by atoms with Crippen molar-refractivity contribution in [1.82, 2.24) is 4.90 Å². The summed E-state index contributed by atoms with van der Waals surface area (Å²) in [6.07, 6.45) is 1.27. The predicted octanol–water partition coefficient (Wildman–Crippen LogP) is 1.89. The van der Waals surface area contributed by atoms with Crippen LogP contribution >= 0.6 is 0 Å². The topological polar surface area (TPSA) is 41.6 Å². The minimum atomic E-state index is -0.459. The molecule has 0 bridgehead atoms. The Balaban J connectivity index is 2.08. The maximum absolute atomic E-state index is 12.2. The van der Waals surface area contributed by atoms with Crippen LogP contribution in [-0.2, 0) is 4.79 Å². The second kappa shape index (κ2) is 5.58. The summed E-state index contributed by atoms with van der Waals surface area (Å²) in [5, 5.41) is 3.22. The molecule has 1 N–H and O–H groups in total. The molecular weight excluding hydrogens is 228 g/mol. The fourth-order valence-corrected chi connectivity index (χ4v) is 1.99. The molecule has 1 amide bonds. The number of ether oxygens (including phenoxy) is 1. The number of nitrogens with one attached hydrogen (secondary N) is 1. The molecule has 0 aromatic heterocycles. The molecule has 96 valence electrons. The Morgan fingerprint density at radius 2 is 2.39 bits per heavy atom. The van der Waals surface area contributed by atoms with Gasteiger partial charge in [0.05, 0.1) is 12.2 Å². The molecule has 18 heavy (non-hydrogen) atoms. The smallest absolute Gasteiger partial charge is 0.265 e. The van der Waals surface area contributed by atoms with Crippen LogP contribution in [0.1, 0.15) is 6.92 Å². The zero-order valence-electron chi connectivity index (χ0n) is 10.6. The SMILES string of the molecule is C=CCN(CC)C(=O)C1CNc2ccccc2O1. The van der Waals surface area contributed by atoms with Gasteiger partial charge in [-0.15, -0.1) is 6.58 Å². The maximum Gasteiger partial charge on any atom is 0.265 e. The van der Waals surface area contributed by atoms with Gasteiger partial charge in [-0.25, -0.2) is 0 Å². The van der Waals surface area contributed by atoms with Crippen molar-refractivity contribution in [2.75, 3.05) is 25.0 Å². The molecule has 1 aliphatic rings. The van der Waals surface area contributed by atoms with Crippen LogP contribution in [0.4, 0.5) is 5.69 Å². The summed E-state index contributed by atoms with van der Waals surface area (Å²) in [6.45, 7) is 7.33. The van der Waals surface area contributed by atoms with E-state index in [9.17, 15) is 4.79 Å². The number of hydrogen-bond acceptors (Lipinski definition) is 3. The number of carbonyl (C=O) groups excluding carboxylic acids is 1. The predicted molar refractivity (Wildman–Crippen MR) is 71.8 cm³/mol. The summed E-state index contributed by atoms with van der Waals surface area (Å²) in [5.74, 6) is 0.733. The van der Waals surface area contributed by atoms with Crippen molar-refractivity contribution < 1.29 is 9.53 Å². The third-order valence-corrected chi connectivity index (χ3v) is 2.95. The van der Waals surface area contributed by atoms with Gasteiger partial charge in [-0.05, 0) is 19.1 Å². The van der Waals surface area contributed by atoms with Crippen molar-refractivity contribution in [3.63, 3.8) is 0 Å². The standard InChI is InChI=1S/C14H18N2O2/c1-3-9-16(4-2)14(17)13-10-15-11-7-5-6-8-12(11)18-13/h3,5-8,13,15H,1,4,9-10H2,2H3. The van der Waals surface area contributed by atoms with E-state index in [1.165, 1.54) is 0 Å². The van der Waals surface area contributed by atoms with Crippen LogP contribution in [0, 0.1) is 0 Å². The van der Waals surface area contributed by atoms with Crippen LogP contribution in [0.3, 0.4) is 0 Å². The highest BCUT2D eigenvalue weighted by Gasteiger charge is 2.28. The third-order valence-electron chi connectivity index (χ3n) is 2.95. The molecule has 0 spiro atoms. The van der Waals surface area contributed by atoms with Crippen molar-refractivity contribution in [3.8, 4) is 5.75 Å². The zero-order chi connectivity index (χ0) is 13.0. The number of fused-ring (bicyclic) bond motifs is 1. The summed E-state index contributed by atoms with van der Waals surface area (Å²) in [7, 11) is 0. The van der Waals surface area contributed by atoms with Gasteiger partial charge in [0.1, 0.15) is 5.75 Å². The van der Waals surface area contributed by atoms with Gasteiger partial charge in [0, 0.05) is 13.1 Å². The molecule has 1 aromatic carbocycles. The average Bonchev–Trinajstić information content (AvgIpc) is 2.43. The largest absolute Gasteiger partial charge is 0.477 e. The summed E-state index contributed by atoms with van der Waals surface area (Å²) >= 11 is 0. The van der Waals surface area contributed by atoms with E-state index in [1.807, 2.05) is 31.2 Å². The van der Waals surface area contributed by atoms with E-state index in [1.54, 1.807) is 11.0 Å². The van der Waals surface area contributed by atoms with Gasteiger partial charge in [0.25, 0.3) is 5.91 Å². The lowest BCUT2D eigenvalue weighted by molar-refractivity contribution is -0.137. The molecule has 1 aliphatic heterocycles. The van der Waals surface area contributed by atoms with Gasteiger partial charge < -0.3 is 15.0 Å². The number of nitrogens with zero attached hydrogens (tertiary/aromatic N) is 1. The van der Waals surface area contributed by atoms with Crippen molar-refractivity contribution in [2.24, 2.45) is 0 Å². The van der Waals surface area contributed by atoms with Crippen LogP contribution in [0.5, 0.6) is 5.75 Å². The highest BCUT2D eigenvalue weighted by atomic mass is 16.5. The Hall–Kier alpha value is -1.97. The lowest BCUT2D eigenvalue weighted by Gasteiger charge is -2.30. The Bertz CT molecular complexity index is 445. The molecular formula is C14H18N2O2. The molecule has 4 heteroatoms. The molecule has 0 aliphatic carbocycles. The van der Waals surface area contributed by atoms with Gasteiger partial charge in [-0.2, -0.15) is 0 Å². The number of likely N-dealkylation sites (N-methyl/N-ethyl adjacent to an activating group) is 1. The van der Waals surface area contributed by atoms with Crippen molar-refractivity contribution in [1.29, 1.82) is 0 Å². The summed E-state index contributed by atoms with van der Waals surface area (Å²) in [4.78, 5) is 14.0. The molecule has 0 fully saturated rings. The molecule has 4 nitrogen and oxygen atoms in total. The van der Waals surface area contributed by atoms with E-state index in [-0.39, 0.29) is 5.91 Å². The van der Waals surface area contributed by atoms with E-state index in [4.69, 9.17) is 4.74 Å². The maximum atomic E-state index is 12.2. The van der Waals surface area contributed by atoms with Gasteiger partial charge in [-0.3, -0.25) is 4.79 Å². The molecule has 1 aromatic rings. The lowest BCUT2D eigenvalue weighted by atomic mass is 10.2. The Labute approximate surface area is 107 Å². The molecule has 0 radical (unpaired) electrons. The quantitative estimate of drug-likeness (QED) is 0.825. The monoisotopic (exact) mass is 246 g/mol. The minimum absolute atomic E-state index is 0.000553. The first-order chi connectivity index (χ1) is 8.76. The number of amides is 1. The van der Waals surface area contributed by atoms with Crippen LogP contribution in [0.2, 0.25) is 0 Å². The van der Waals surface area contributed by atoms with E-state index in [0.29, 0.717) is 19.6 Å². The normalized spacial score (nSPS) is 17.1. The Morgan fingerprint density at radius 1 is 1.61 bits per heavy atom. The van der Waals surface area contributed by atoms with Gasteiger partial charge in [-0.1, -0.05) is 18.2 Å². The van der Waals surface area contributed by atoms with Crippen LogP contribution in [0.15, 0.2) is 36.9 Å². The number of hydrogen-bond donors (Lipinski definition) is 1. The number of benzene rings is 1. The molecule has 1 heterocycles. The van der Waals surface area contributed by atoms with Crippen molar-refractivity contribution in [2.45, 2.75) is 13.0 Å². The third kappa shape index (κ3) is 2.47. The van der Waals surface area contributed by atoms with Crippen LogP contribution < -0.4 is 10.1 Å². The fourth-order valence-electron chi connectivity index (χ4n) is 1.99. The lowest BCUT2D eigenvalue weighted by Crippen LogP contribution is -2.46. The minimum Gasteiger partial charge on any atom is -0.477 e. The second-order valence-corrected chi connectivity index (χ2v) is 4.15. The average molecular weight is 246 g/mol. The highest BCUT2D eigenvalue weighted by Crippen LogP contribution is 2.28. The van der Waals surface area contributed by atoms with Crippen molar-refractivity contribution in [3.05, 3.63) is 36.9 Å². The molecule has 1 unspecified atom stereocenters. The van der Waals surface area contributed by atoms with Crippen LogP contribution in [0.25, 0.3) is 0 Å². The first-order valence-corrected chi connectivity index (χ1v) is 6.15. The first-order valence-electron chi connectivity index (χ1n) is 6.15. The number of para-hydroxylation sites is 2. The van der Waals surface area contributed by atoms with Crippen LogP contribution in [-0.4, -0.2) is 36.5 Å². The van der Waals surface area contributed by atoms with E-state index >= 15 is 0 Å². The fraction of sp³-hybridized carbons (Fsp3) is 0.357. The summed E-state index contributed by atoms with van der Waals surface area (Å²) in [5.41, 5.74) is 0.938. The van der Waals surface area contributed by atoms with E-state index in [0.717, 1.165) is 11.4 Å². The summed E-state index contributed by atoms with van der Waals surface area (Å²) < 4.78 is 5.73. The zero-order valence-corrected chi connectivity index (χ0v) is 10.6. The van der Waals surface area contributed by atoms with Gasteiger partial charge in [0.2, 0.25) is 0 Å². The Kier molecular flexibility index (Phi) is 3.87. The molecule has 1 atom stereocenters. The molecule has 2 rings (SSSR count).